The van der Waals surface area contributed by atoms with E-state index >= 15 is 0 Å². The molecule has 0 bridgehead atoms. The molecular weight excluding hydrogens is 352 g/mol. The maximum atomic E-state index is 5.79. The molecule has 0 aliphatic carbocycles. The van der Waals surface area contributed by atoms with Crippen LogP contribution in [0.25, 0.3) is 21.9 Å². The molecule has 1 atom stereocenters. The lowest BCUT2D eigenvalue weighted by Gasteiger charge is -2.26. The lowest BCUT2D eigenvalue weighted by Crippen LogP contribution is -2.32. The smallest absolute Gasteiger partial charge is 0.136 e. The summed E-state index contributed by atoms with van der Waals surface area (Å²) in [6, 6.07) is 16.6. The number of benzene rings is 2. The summed E-state index contributed by atoms with van der Waals surface area (Å²) >= 11 is 0. The van der Waals surface area contributed by atoms with Crippen molar-refractivity contribution >= 4 is 21.9 Å². The quantitative estimate of drug-likeness (QED) is 0.580. The monoisotopic (exact) mass is 374 g/mol. The molecule has 1 aliphatic rings. The normalized spacial score (nSPS) is 16.4. The van der Waals surface area contributed by atoms with Gasteiger partial charge in [0.2, 0.25) is 0 Å². The number of ether oxygens (including phenoxy) is 2. The zero-order valence-electron chi connectivity index (χ0n) is 15.8. The second kappa shape index (κ2) is 7.22. The Morgan fingerprint density at radius 2 is 2.11 bits per heavy atom. The highest BCUT2D eigenvalue weighted by atomic mass is 16.5. The molecule has 0 saturated carbocycles. The Morgan fingerprint density at radius 3 is 3.04 bits per heavy atom. The third-order valence-corrected chi connectivity index (χ3v) is 5.23. The van der Waals surface area contributed by atoms with Crippen molar-refractivity contribution in [2.24, 2.45) is 0 Å². The Bertz CT molecular complexity index is 1140. The number of nitrogens with zero attached hydrogens (tertiary/aromatic N) is 3. The maximum absolute atomic E-state index is 5.79. The van der Waals surface area contributed by atoms with Gasteiger partial charge >= 0.3 is 0 Å². The van der Waals surface area contributed by atoms with Crippen LogP contribution in [0.5, 0.6) is 5.75 Å². The lowest BCUT2D eigenvalue weighted by atomic mass is 10.1. The van der Waals surface area contributed by atoms with Crippen molar-refractivity contribution in [1.29, 1.82) is 0 Å². The van der Waals surface area contributed by atoms with Crippen molar-refractivity contribution < 1.29 is 9.47 Å². The van der Waals surface area contributed by atoms with Crippen molar-refractivity contribution in [2.45, 2.75) is 19.2 Å². The van der Waals surface area contributed by atoms with E-state index in [-0.39, 0.29) is 6.04 Å². The summed E-state index contributed by atoms with van der Waals surface area (Å²) in [5.41, 5.74) is 4.27. The van der Waals surface area contributed by atoms with Crippen molar-refractivity contribution in [3.63, 3.8) is 0 Å². The summed E-state index contributed by atoms with van der Waals surface area (Å²) < 4.78 is 13.4. The first-order valence-electron chi connectivity index (χ1n) is 9.49. The van der Waals surface area contributed by atoms with Gasteiger partial charge in [-0.05, 0) is 29.8 Å². The molecule has 3 heterocycles. The number of aromatic nitrogens is 3. The second-order valence-electron chi connectivity index (χ2n) is 7.09. The summed E-state index contributed by atoms with van der Waals surface area (Å²) in [6.07, 6.45) is 1.94. The predicted octanol–water partition coefficient (Wildman–Crippen LogP) is 3.45. The molecule has 28 heavy (non-hydrogen) atoms. The van der Waals surface area contributed by atoms with E-state index in [1.165, 1.54) is 10.9 Å². The van der Waals surface area contributed by atoms with E-state index in [1.807, 2.05) is 36.5 Å². The highest BCUT2D eigenvalue weighted by Gasteiger charge is 2.24. The number of nitrogens with one attached hydrogen (secondary N) is 1. The van der Waals surface area contributed by atoms with Gasteiger partial charge in [-0.1, -0.05) is 18.2 Å². The molecule has 4 aromatic rings. The molecule has 0 spiro atoms. The Hall–Kier alpha value is -2.96. The van der Waals surface area contributed by atoms with Gasteiger partial charge < -0.3 is 19.4 Å². The van der Waals surface area contributed by atoms with Crippen molar-refractivity contribution in [2.75, 3.05) is 20.3 Å². The van der Waals surface area contributed by atoms with Gasteiger partial charge in [-0.2, -0.15) is 0 Å². The summed E-state index contributed by atoms with van der Waals surface area (Å²) in [5, 5.41) is 4.73. The minimum atomic E-state index is 0.204. The van der Waals surface area contributed by atoms with Gasteiger partial charge in [0.05, 0.1) is 36.3 Å². The molecule has 2 aromatic heterocycles. The Balaban J connectivity index is 1.33. The van der Waals surface area contributed by atoms with Crippen LogP contribution in [-0.2, 0) is 17.9 Å². The SMILES string of the molecule is COc1ccc2c(c1)nc1n2C(CNCc2cnc3ccccc3c2)COC1. The summed E-state index contributed by atoms with van der Waals surface area (Å²) in [7, 11) is 1.68. The molecule has 142 valence electrons. The van der Waals surface area contributed by atoms with E-state index in [4.69, 9.17) is 14.5 Å². The van der Waals surface area contributed by atoms with Crippen LogP contribution in [-0.4, -0.2) is 34.8 Å². The summed E-state index contributed by atoms with van der Waals surface area (Å²) in [4.78, 5) is 9.27. The molecule has 6 heteroatoms. The minimum absolute atomic E-state index is 0.204. The standard InChI is InChI=1S/C22H22N4O2/c1-27-18-6-7-21-20(9-18)25-22-14-28-13-17(26(21)22)12-23-10-15-8-16-4-2-3-5-19(16)24-11-15/h2-9,11,17,23H,10,12-14H2,1H3. The summed E-state index contributed by atoms with van der Waals surface area (Å²) in [6.45, 7) is 2.79. The molecule has 0 amide bonds. The van der Waals surface area contributed by atoms with Crippen LogP contribution in [0.1, 0.15) is 17.4 Å². The first-order chi connectivity index (χ1) is 13.8. The third kappa shape index (κ3) is 3.10. The first kappa shape index (κ1) is 17.2. The summed E-state index contributed by atoms with van der Waals surface area (Å²) in [5.74, 6) is 1.79. The van der Waals surface area contributed by atoms with E-state index in [0.717, 1.165) is 41.2 Å². The average Bonchev–Trinajstić information content (AvgIpc) is 3.12. The Morgan fingerprint density at radius 1 is 1.18 bits per heavy atom. The number of para-hydroxylation sites is 1. The molecule has 0 radical (unpaired) electrons. The van der Waals surface area contributed by atoms with Crippen molar-refractivity contribution in [1.82, 2.24) is 19.9 Å². The van der Waals surface area contributed by atoms with Crippen LogP contribution in [0.4, 0.5) is 0 Å². The molecule has 0 fully saturated rings. The minimum Gasteiger partial charge on any atom is -0.497 e. The van der Waals surface area contributed by atoms with E-state index in [1.54, 1.807) is 7.11 Å². The van der Waals surface area contributed by atoms with E-state index < -0.39 is 0 Å². The van der Waals surface area contributed by atoms with Crippen LogP contribution < -0.4 is 10.1 Å². The van der Waals surface area contributed by atoms with Crippen molar-refractivity contribution in [3.8, 4) is 5.75 Å². The van der Waals surface area contributed by atoms with Crippen LogP contribution in [0.15, 0.2) is 54.7 Å². The molecule has 1 N–H and O–H groups in total. The average molecular weight is 374 g/mol. The van der Waals surface area contributed by atoms with Crippen LogP contribution in [0.2, 0.25) is 0 Å². The molecule has 2 aromatic carbocycles. The Kier molecular flexibility index (Phi) is 4.43. The molecule has 1 unspecified atom stereocenters. The van der Waals surface area contributed by atoms with Crippen molar-refractivity contribution in [3.05, 3.63) is 66.1 Å². The molecule has 0 saturated heterocycles. The largest absolute Gasteiger partial charge is 0.497 e. The van der Waals surface area contributed by atoms with E-state index in [9.17, 15) is 0 Å². The fourth-order valence-corrected chi connectivity index (χ4v) is 3.87. The highest BCUT2D eigenvalue weighted by molar-refractivity contribution is 5.79. The topological polar surface area (TPSA) is 61.2 Å². The van der Waals surface area contributed by atoms with Gasteiger partial charge in [-0.25, -0.2) is 4.98 Å². The number of imidazole rings is 1. The van der Waals surface area contributed by atoms with Gasteiger partial charge in [0, 0.05) is 30.7 Å². The fourth-order valence-electron chi connectivity index (χ4n) is 3.87. The number of fused-ring (bicyclic) bond motifs is 4. The zero-order valence-corrected chi connectivity index (χ0v) is 15.8. The van der Waals surface area contributed by atoms with E-state index in [0.29, 0.717) is 13.2 Å². The van der Waals surface area contributed by atoms with Crippen LogP contribution in [0, 0.1) is 0 Å². The number of rotatable bonds is 5. The van der Waals surface area contributed by atoms with Gasteiger partial charge in [-0.3, -0.25) is 4.98 Å². The molecule has 1 aliphatic heterocycles. The fraction of sp³-hybridized carbons (Fsp3) is 0.273. The zero-order chi connectivity index (χ0) is 18.9. The Labute approximate surface area is 163 Å². The van der Waals surface area contributed by atoms with Gasteiger partial charge in [0.25, 0.3) is 0 Å². The number of methoxy groups -OCH3 is 1. The van der Waals surface area contributed by atoms with Gasteiger partial charge in [-0.15, -0.1) is 0 Å². The third-order valence-electron chi connectivity index (χ3n) is 5.23. The molecule has 5 rings (SSSR count). The number of pyridine rings is 1. The molecule has 6 nitrogen and oxygen atoms in total. The van der Waals surface area contributed by atoms with Gasteiger partial charge in [0.1, 0.15) is 18.2 Å². The van der Waals surface area contributed by atoms with Gasteiger partial charge in [0.15, 0.2) is 0 Å². The number of hydrogen-bond acceptors (Lipinski definition) is 5. The predicted molar refractivity (Wildman–Crippen MR) is 108 cm³/mol. The van der Waals surface area contributed by atoms with Crippen LogP contribution >= 0.6 is 0 Å². The second-order valence-corrected chi connectivity index (χ2v) is 7.09. The lowest BCUT2D eigenvalue weighted by molar-refractivity contribution is 0.0564. The maximum Gasteiger partial charge on any atom is 0.136 e. The number of hydrogen-bond donors (Lipinski definition) is 1. The molecular formula is C22H22N4O2. The first-order valence-corrected chi connectivity index (χ1v) is 9.49. The highest BCUT2D eigenvalue weighted by Crippen LogP contribution is 2.28. The van der Waals surface area contributed by atoms with Crippen LogP contribution in [0.3, 0.4) is 0 Å². The van der Waals surface area contributed by atoms with E-state index in [2.05, 4.69) is 33.1 Å².